The van der Waals surface area contributed by atoms with Gasteiger partial charge in [0.15, 0.2) is 11.2 Å². The Bertz CT molecular complexity index is 1360. The van der Waals surface area contributed by atoms with Crippen LogP contribution in [0.5, 0.6) is 5.88 Å². The van der Waals surface area contributed by atoms with Gasteiger partial charge in [-0.1, -0.05) is 30.3 Å². The second-order valence-electron chi connectivity index (χ2n) is 7.35. The number of fused-ring (bicyclic) bond motifs is 2. The van der Waals surface area contributed by atoms with E-state index in [1.54, 1.807) is 6.33 Å². The number of anilines is 2. The van der Waals surface area contributed by atoms with Gasteiger partial charge in [0.2, 0.25) is 11.8 Å². The Kier molecular flexibility index (Phi) is 3.84. The van der Waals surface area contributed by atoms with Crippen molar-refractivity contribution in [1.29, 1.82) is 0 Å². The Labute approximate surface area is 172 Å². The summed E-state index contributed by atoms with van der Waals surface area (Å²) in [5.74, 6) is 0.977. The average molecular weight is 394 g/mol. The van der Waals surface area contributed by atoms with Gasteiger partial charge in [-0.2, -0.15) is 9.97 Å². The number of aromatic amines is 1. The molecule has 0 unspecified atom stereocenters. The minimum atomic E-state index is 0.229. The lowest BCUT2D eigenvalue weighted by Gasteiger charge is -2.11. The first-order valence-corrected chi connectivity index (χ1v) is 9.92. The normalized spacial score (nSPS) is 13.6. The van der Waals surface area contributed by atoms with Crippen LogP contribution in [0.4, 0.5) is 11.6 Å². The molecule has 0 atom stereocenters. The molecule has 5 aromatic rings. The molecule has 0 radical (unpaired) electrons. The lowest BCUT2D eigenvalue weighted by atomic mass is 10.0. The second kappa shape index (κ2) is 6.81. The molecule has 146 valence electrons. The van der Waals surface area contributed by atoms with Gasteiger partial charge in [-0.3, -0.25) is 4.98 Å². The predicted molar refractivity (Wildman–Crippen MR) is 116 cm³/mol. The zero-order valence-corrected chi connectivity index (χ0v) is 16.0. The van der Waals surface area contributed by atoms with E-state index in [-0.39, 0.29) is 6.10 Å². The maximum absolute atomic E-state index is 5.94. The predicted octanol–water partition coefficient (Wildman–Crippen LogP) is 4.85. The van der Waals surface area contributed by atoms with Crippen molar-refractivity contribution in [3.63, 3.8) is 0 Å². The molecule has 7 heteroatoms. The Hall–Kier alpha value is -4.00. The third-order valence-electron chi connectivity index (χ3n) is 5.13. The van der Waals surface area contributed by atoms with Crippen molar-refractivity contribution in [2.24, 2.45) is 0 Å². The number of hydrogen-bond donors (Lipinski definition) is 2. The molecule has 0 saturated heterocycles. The number of imidazole rings is 1. The quantitative estimate of drug-likeness (QED) is 0.443. The van der Waals surface area contributed by atoms with Gasteiger partial charge in [0.25, 0.3) is 0 Å². The average Bonchev–Trinajstić information content (AvgIpc) is 3.47. The Balaban J connectivity index is 1.40. The lowest BCUT2D eigenvalue weighted by Crippen LogP contribution is -2.04. The largest absolute Gasteiger partial charge is 0.473 e. The van der Waals surface area contributed by atoms with Crippen molar-refractivity contribution >= 4 is 33.7 Å². The van der Waals surface area contributed by atoms with Gasteiger partial charge >= 0.3 is 0 Å². The first-order chi connectivity index (χ1) is 14.8. The van der Waals surface area contributed by atoms with Crippen LogP contribution < -0.4 is 10.1 Å². The number of nitrogens with zero attached hydrogens (tertiary/aromatic N) is 4. The second-order valence-corrected chi connectivity index (χ2v) is 7.35. The third kappa shape index (κ3) is 3.10. The summed E-state index contributed by atoms with van der Waals surface area (Å²) in [5, 5.41) is 4.37. The van der Waals surface area contributed by atoms with Crippen LogP contribution >= 0.6 is 0 Å². The van der Waals surface area contributed by atoms with Gasteiger partial charge in [0.05, 0.1) is 11.8 Å². The van der Waals surface area contributed by atoms with Crippen molar-refractivity contribution in [2.75, 3.05) is 5.32 Å². The number of nitrogens with one attached hydrogen (secondary N) is 2. The van der Waals surface area contributed by atoms with E-state index in [0.29, 0.717) is 23.0 Å². The highest BCUT2D eigenvalue weighted by Crippen LogP contribution is 2.32. The van der Waals surface area contributed by atoms with Crippen molar-refractivity contribution in [1.82, 2.24) is 24.9 Å². The fourth-order valence-electron chi connectivity index (χ4n) is 3.51. The van der Waals surface area contributed by atoms with E-state index < -0.39 is 0 Å². The van der Waals surface area contributed by atoms with E-state index in [0.717, 1.165) is 40.6 Å². The molecule has 2 N–H and O–H groups in total. The number of rotatable bonds is 5. The summed E-state index contributed by atoms with van der Waals surface area (Å²) >= 11 is 0. The summed E-state index contributed by atoms with van der Waals surface area (Å²) in [6.45, 7) is 0. The molecule has 0 spiro atoms. The molecule has 1 saturated carbocycles. The number of pyridine rings is 1. The van der Waals surface area contributed by atoms with Crippen LogP contribution in [0.3, 0.4) is 0 Å². The minimum absolute atomic E-state index is 0.229. The summed E-state index contributed by atoms with van der Waals surface area (Å²) < 4.78 is 5.94. The topological polar surface area (TPSA) is 88.6 Å². The van der Waals surface area contributed by atoms with Crippen molar-refractivity contribution in [2.45, 2.75) is 18.9 Å². The standard InChI is InChI=1S/C23H18N6O/c1-2-4-14(5-3-1)17-10-11-24-19-9-6-15(12-18(17)19)27-23-28-21-20(25-13-26-21)22(29-23)30-16-7-8-16/h1-6,9-13,16H,7-8H2,(H2,25,26,27,28,29). The van der Waals surface area contributed by atoms with E-state index in [2.05, 4.69) is 48.4 Å². The van der Waals surface area contributed by atoms with Crippen LogP contribution in [0.2, 0.25) is 0 Å². The molecule has 2 aromatic carbocycles. The molecule has 0 bridgehead atoms. The summed E-state index contributed by atoms with van der Waals surface area (Å²) in [6, 6.07) is 18.4. The monoisotopic (exact) mass is 394 g/mol. The van der Waals surface area contributed by atoms with Crippen LogP contribution in [-0.4, -0.2) is 31.0 Å². The molecule has 1 fully saturated rings. The van der Waals surface area contributed by atoms with Gasteiger partial charge in [0.1, 0.15) is 6.10 Å². The van der Waals surface area contributed by atoms with Crippen LogP contribution in [0.15, 0.2) is 67.1 Å². The first kappa shape index (κ1) is 16.9. The Morgan fingerprint density at radius 3 is 2.73 bits per heavy atom. The van der Waals surface area contributed by atoms with Crippen LogP contribution in [-0.2, 0) is 0 Å². The summed E-state index contributed by atoms with van der Waals surface area (Å²) in [4.78, 5) is 21.0. The molecular formula is C23H18N6O. The van der Waals surface area contributed by atoms with E-state index in [4.69, 9.17) is 4.74 Å². The van der Waals surface area contributed by atoms with E-state index >= 15 is 0 Å². The molecule has 7 nitrogen and oxygen atoms in total. The molecule has 30 heavy (non-hydrogen) atoms. The number of benzene rings is 2. The van der Waals surface area contributed by atoms with Gasteiger partial charge in [-0.25, -0.2) is 4.98 Å². The van der Waals surface area contributed by atoms with Crippen LogP contribution in [0.1, 0.15) is 12.8 Å². The fraction of sp³-hybridized carbons (Fsp3) is 0.130. The van der Waals surface area contributed by atoms with E-state index in [9.17, 15) is 0 Å². The van der Waals surface area contributed by atoms with Gasteiger partial charge in [-0.15, -0.1) is 0 Å². The third-order valence-corrected chi connectivity index (χ3v) is 5.13. The fourth-order valence-corrected chi connectivity index (χ4v) is 3.51. The Morgan fingerprint density at radius 2 is 1.87 bits per heavy atom. The minimum Gasteiger partial charge on any atom is -0.473 e. The van der Waals surface area contributed by atoms with Crippen molar-refractivity contribution in [3.8, 4) is 17.0 Å². The van der Waals surface area contributed by atoms with Crippen LogP contribution in [0, 0.1) is 0 Å². The Morgan fingerprint density at radius 1 is 0.967 bits per heavy atom. The highest BCUT2D eigenvalue weighted by atomic mass is 16.5. The van der Waals surface area contributed by atoms with Crippen LogP contribution in [0.25, 0.3) is 33.2 Å². The highest BCUT2D eigenvalue weighted by molar-refractivity contribution is 5.96. The zero-order chi connectivity index (χ0) is 19.9. The summed E-state index contributed by atoms with van der Waals surface area (Å²) in [7, 11) is 0. The number of aromatic nitrogens is 5. The smallest absolute Gasteiger partial charge is 0.247 e. The highest BCUT2D eigenvalue weighted by Gasteiger charge is 2.26. The zero-order valence-electron chi connectivity index (χ0n) is 16.0. The first-order valence-electron chi connectivity index (χ1n) is 9.92. The van der Waals surface area contributed by atoms with E-state index in [1.807, 2.05) is 42.6 Å². The van der Waals surface area contributed by atoms with Gasteiger partial charge < -0.3 is 15.0 Å². The molecule has 1 aliphatic rings. The SMILES string of the molecule is c1ccc(-c2ccnc3ccc(Nc4nc(OC5CC5)c5nc[nH]c5n4)cc23)cc1. The molecule has 3 heterocycles. The molecule has 6 rings (SSSR count). The summed E-state index contributed by atoms with van der Waals surface area (Å²) in [6.07, 6.45) is 5.79. The van der Waals surface area contributed by atoms with Gasteiger partial charge in [-0.05, 0) is 48.2 Å². The maximum atomic E-state index is 5.94. The molecule has 0 aliphatic heterocycles. The summed E-state index contributed by atoms with van der Waals surface area (Å²) in [5.41, 5.74) is 5.40. The van der Waals surface area contributed by atoms with Crippen molar-refractivity contribution < 1.29 is 4.74 Å². The molecular weight excluding hydrogens is 376 g/mol. The molecule has 3 aromatic heterocycles. The molecule has 1 aliphatic carbocycles. The number of ether oxygens (including phenoxy) is 1. The lowest BCUT2D eigenvalue weighted by molar-refractivity contribution is 0.294. The van der Waals surface area contributed by atoms with Crippen molar-refractivity contribution in [3.05, 3.63) is 67.1 Å². The molecule has 0 amide bonds. The number of hydrogen-bond acceptors (Lipinski definition) is 6. The van der Waals surface area contributed by atoms with Gasteiger partial charge in [0, 0.05) is 17.3 Å². The number of H-pyrrole nitrogens is 1. The maximum Gasteiger partial charge on any atom is 0.247 e. The van der Waals surface area contributed by atoms with E-state index in [1.165, 1.54) is 0 Å².